The molecule has 2 N–H and O–H groups in total. The quantitative estimate of drug-likeness (QED) is 0.540. The second-order valence-electron chi connectivity index (χ2n) is 7.74. The van der Waals surface area contributed by atoms with Gasteiger partial charge in [-0.25, -0.2) is 4.98 Å². The van der Waals surface area contributed by atoms with Gasteiger partial charge in [0.2, 0.25) is 0 Å². The number of carbonyl (C=O) groups is 1. The largest absolute Gasteiger partial charge is 0.497 e. The maximum atomic E-state index is 13.2. The number of amides is 1. The minimum Gasteiger partial charge on any atom is -0.497 e. The van der Waals surface area contributed by atoms with Crippen molar-refractivity contribution in [3.05, 3.63) is 95.6 Å². The molecule has 1 aromatic heterocycles. The monoisotopic (exact) mass is 410 g/mol. The predicted octanol–water partition coefficient (Wildman–Crippen LogP) is 4.48. The van der Waals surface area contributed by atoms with E-state index in [4.69, 9.17) is 4.74 Å². The standard InChI is InChI=1S/C26H23N3O2/c1-31-21-12-10-20(11-13-21)27-26(30)23-16-25(28-24-9-5-4-8-22(23)24)29-15-14-18-6-2-3-7-19(18)17-29/h2-13,16H,14-15,17H2,1H3,(H,27,30)/p+1. The molecule has 0 fully saturated rings. The lowest BCUT2D eigenvalue weighted by atomic mass is 9.99. The van der Waals surface area contributed by atoms with Crippen molar-refractivity contribution in [3.8, 4) is 5.75 Å². The van der Waals surface area contributed by atoms with Crippen molar-refractivity contribution in [1.29, 1.82) is 0 Å². The fraction of sp³-hybridized carbons (Fsp3) is 0.154. The Morgan fingerprint density at radius 1 is 0.968 bits per heavy atom. The van der Waals surface area contributed by atoms with Crippen LogP contribution in [0, 0.1) is 0 Å². The van der Waals surface area contributed by atoms with Crippen LogP contribution in [0.15, 0.2) is 78.9 Å². The fourth-order valence-electron chi connectivity index (χ4n) is 4.15. The van der Waals surface area contributed by atoms with Gasteiger partial charge in [0, 0.05) is 23.6 Å². The van der Waals surface area contributed by atoms with Gasteiger partial charge in [0.1, 0.15) is 17.8 Å². The summed E-state index contributed by atoms with van der Waals surface area (Å²) in [5.74, 6) is 1.58. The van der Waals surface area contributed by atoms with Gasteiger partial charge in [-0.1, -0.05) is 36.4 Å². The van der Waals surface area contributed by atoms with Crippen LogP contribution in [0.25, 0.3) is 10.9 Å². The molecule has 2 heterocycles. The highest BCUT2D eigenvalue weighted by Crippen LogP contribution is 2.26. The Morgan fingerprint density at radius 2 is 1.71 bits per heavy atom. The minimum absolute atomic E-state index is 0.131. The van der Waals surface area contributed by atoms with Crippen LogP contribution in [-0.2, 0) is 13.0 Å². The van der Waals surface area contributed by atoms with Crippen molar-refractivity contribution in [2.24, 2.45) is 0 Å². The summed E-state index contributed by atoms with van der Waals surface area (Å²) < 4.78 is 5.20. The molecule has 31 heavy (non-hydrogen) atoms. The summed E-state index contributed by atoms with van der Waals surface area (Å²) >= 11 is 0. The molecule has 0 aliphatic carbocycles. The molecule has 3 aromatic carbocycles. The second-order valence-corrected chi connectivity index (χ2v) is 7.74. The van der Waals surface area contributed by atoms with E-state index in [9.17, 15) is 4.79 Å². The van der Waals surface area contributed by atoms with Gasteiger partial charge in [0.25, 0.3) is 11.7 Å². The summed E-state index contributed by atoms with van der Waals surface area (Å²) in [4.78, 5) is 19.1. The Bertz CT molecular complexity index is 1250. The smallest absolute Gasteiger partial charge is 0.275 e. The maximum absolute atomic E-state index is 13.2. The number of hydrogen-bond acceptors (Lipinski definition) is 3. The predicted molar refractivity (Wildman–Crippen MR) is 123 cm³/mol. The minimum atomic E-state index is -0.131. The number of ether oxygens (including phenoxy) is 1. The number of nitrogens with zero attached hydrogens (tertiary/aromatic N) is 1. The van der Waals surface area contributed by atoms with Crippen LogP contribution in [0.4, 0.5) is 11.5 Å². The molecule has 154 valence electrons. The van der Waals surface area contributed by atoms with Crippen LogP contribution >= 0.6 is 0 Å². The molecule has 5 heteroatoms. The molecule has 4 aromatic rings. The Labute approximate surface area is 181 Å². The lowest BCUT2D eigenvalue weighted by Crippen LogP contribution is -2.35. The van der Waals surface area contributed by atoms with E-state index in [0.717, 1.165) is 47.7 Å². The third-order valence-electron chi connectivity index (χ3n) is 5.82. The van der Waals surface area contributed by atoms with Crippen molar-refractivity contribution in [2.45, 2.75) is 13.0 Å². The molecule has 0 saturated carbocycles. The molecule has 0 unspecified atom stereocenters. The molecule has 0 radical (unpaired) electrons. The molecule has 5 nitrogen and oxygen atoms in total. The van der Waals surface area contributed by atoms with Gasteiger partial charge in [-0.05, 0) is 47.5 Å². The third-order valence-corrected chi connectivity index (χ3v) is 5.82. The Kier molecular flexibility index (Phi) is 5.00. The Balaban J connectivity index is 1.49. The van der Waals surface area contributed by atoms with Crippen molar-refractivity contribution in [3.63, 3.8) is 0 Å². The van der Waals surface area contributed by atoms with Gasteiger partial charge in [-0.3, -0.25) is 9.69 Å². The molecule has 1 amide bonds. The first kappa shape index (κ1) is 19.1. The number of para-hydroxylation sites is 1. The maximum Gasteiger partial charge on any atom is 0.275 e. The summed E-state index contributed by atoms with van der Waals surface area (Å²) in [6, 6.07) is 25.8. The molecule has 0 atom stereocenters. The van der Waals surface area contributed by atoms with E-state index in [1.54, 1.807) is 7.11 Å². The van der Waals surface area contributed by atoms with Gasteiger partial charge < -0.3 is 10.1 Å². The summed E-state index contributed by atoms with van der Waals surface area (Å²) in [5.41, 5.74) is 5.06. The van der Waals surface area contributed by atoms with E-state index in [-0.39, 0.29) is 5.91 Å². The van der Waals surface area contributed by atoms with Gasteiger partial charge in [0.15, 0.2) is 0 Å². The zero-order chi connectivity index (χ0) is 21.2. The molecule has 0 saturated heterocycles. The van der Waals surface area contributed by atoms with Crippen molar-refractivity contribution < 1.29 is 14.5 Å². The van der Waals surface area contributed by atoms with Crippen LogP contribution in [0.5, 0.6) is 5.75 Å². The fourth-order valence-corrected chi connectivity index (χ4v) is 4.15. The van der Waals surface area contributed by atoms with Crippen molar-refractivity contribution in [1.82, 2.24) is 0 Å². The third kappa shape index (κ3) is 3.82. The lowest BCUT2D eigenvalue weighted by molar-refractivity contribution is -0.330. The average molecular weight is 410 g/mol. The van der Waals surface area contributed by atoms with Crippen LogP contribution in [0.2, 0.25) is 0 Å². The van der Waals surface area contributed by atoms with E-state index in [0.29, 0.717) is 5.56 Å². The number of nitrogens with one attached hydrogen (secondary N) is 2. The number of aromatic nitrogens is 1. The number of carbonyl (C=O) groups excluding carboxylic acids is 1. The number of H-pyrrole nitrogens is 1. The van der Waals surface area contributed by atoms with Gasteiger partial charge >= 0.3 is 0 Å². The van der Waals surface area contributed by atoms with E-state index >= 15 is 0 Å². The highest BCUT2D eigenvalue weighted by molar-refractivity contribution is 6.12. The molecule has 0 bridgehead atoms. The summed E-state index contributed by atoms with van der Waals surface area (Å²) in [7, 11) is 1.63. The van der Waals surface area contributed by atoms with Gasteiger partial charge in [0.05, 0.1) is 19.2 Å². The zero-order valence-electron chi connectivity index (χ0n) is 17.4. The first-order valence-electron chi connectivity index (χ1n) is 10.4. The SMILES string of the molecule is COc1ccc(NC(=O)c2cc(N3CCc4ccccc4C3)[nH+]c3ccccc23)cc1. The number of benzene rings is 3. The Hall–Kier alpha value is -3.86. The van der Waals surface area contributed by atoms with Crippen molar-refractivity contribution in [2.75, 3.05) is 23.9 Å². The van der Waals surface area contributed by atoms with E-state index in [1.165, 1.54) is 11.1 Å². The second kappa shape index (κ2) is 8.11. The van der Waals surface area contributed by atoms with Gasteiger partial charge in [-0.15, -0.1) is 0 Å². The number of rotatable bonds is 4. The average Bonchev–Trinajstić information content (AvgIpc) is 2.83. The van der Waals surface area contributed by atoms with Crippen LogP contribution in [0.3, 0.4) is 0 Å². The number of fused-ring (bicyclic) bond motifs is 2. The summed E-state index contributed by atoms with van der Waals surface area (Å²) in [5, 5.41) is 3.92. The molecule has 5 rings (SSSR count). The van der Waals surface area contributed by atoms with Crippen molar-refractivity contribution >= 4 is 28.3 Å². The summed E-state index contributed by atoms with van der Waals surface area (Å²) in [6.45, 7) is 1.73. The molecule has 1 aliphatic heterocycles. The van der Waals surface area contributed by atoms with E-state index < -0.39 is 0 Å². The Morgan fingerprint density at radius 3 is 2.52 bits per heavy atom. The molecular weight excluding hydrogens is 386 g/mol. The number of methoxy groups -OCH3 is 1. The van der Waals surface area contributed by atoms with E-state index in [1.807, 2.05) is 54.6 Å². The number of pyridine rings is 1. The first-order valence-corrected chi connectivity index (χ1v) is 10.4. The van der Waals surface area contributed by atoms with Crippen LogP contribution < -0.4 is 19.9 Å². The van der Waals surface area contributed by atoms with Crippen LogP contribution in [-0.4, -0.2) is 19.6 Å². The topological polar surface area (TPSA) is 55.7 Å². The first-order chi connectivity index (χ1) is 15.2. The van der Waals surface area contributed by atoms with Crippen LogP contribution in [0.1, 0.15) is 21.5 Å². The van der Waals surface area contributed by atoms with E-state index in [2.05, 4.69) is 39.5 Å². The molecule has 1 aliphatic rings. The highest BCUT2D eigenvalue weighted by atomic mass is 16.5. The molecular formula is C26H24N3O2+. The normalized spacial score (nSPS) is 13.0. The highest BCUT2D eigenvalue weighted by Gasteiger charge is 2.25. The van der Waals surface area contributed by atoms with Gasteiger partial charge in [-0.2, -0.15) is 0 Å². The number of aromatic amines is 1. The summed E-state index contributed by atoms with van der Waals surface area (Å²) in [6.07, 6.45) is 0.990. The number of anilines is 2. The molecule has 0 spiro atoms. The zero-order valence-corrected chi connectivity index (χ0v) is 17.4. The number of hydrogen-bond donors (Lipinski definition) is 1. The lowest BCUT2D eigenvalue weighted by Gasteiger charge is -2.24.